The molecule has 1 aromatic rings. The largest absolute Gasteiger partial charge is 0.507 e. The average molecular weight is 219 g/mol. The topological polar surface area (TPSA) is 37.3 Å². The number of hydrogen-bond donors (Lipinski definition) is 1. The first-order valence-corrected chi connectivity index (χ1v) is 3.57. The number of hydrogen-bond acceptors (Lipinski definition) is 2. The summed E-state index contributed by atoms with van der Waals surface area (Å²) in [6.07, 6.45) is 0.458. The van der Waals surface area contributed by atoms with Crippen molar-refractivity contribution < 1.29 is 14.3 Å². The lowest BCUT2D eigenvalue weighted by molar-refractivity contribution is 0.112. The van der Waals surface area contributed by atoms with E-state index in [1.807, 2.05) is 0 Å². The molecule has 1 N–H and O–H groups in total. The van der Waals surface area contributed by atoms with Gasteiger partial charge >= 0.3 is 0 Å². The van der Waals surface area contributed by atoms with E-state index in [-0.39, 0.29) is 15.8 Å². The molecule has 11 heavy (non-hydrogen) atoms. The molecular formula is C7H4BrFO2. The highest BCUT2D eigenvalue weighted by atomic mass is 79.9. The highest BCUT2D eigenvalue weighted by molar-refractivity contribution is 9.10. The second-order valence-electron chi connectivity index (χ2n) is 1.94. The van der Waals surface area contributed by atoms with Gasteiger partial charge in [-0.25, -0.2) is 4.39 Å². The molecule has 0 aliphatic rings. The number of phenols is 1. The predicted octanol–water partition coefficient (Wildman–Crippen LogP) is 2.11. The van der Waals surface area contributed by atoms with Crippen molar-refractivity contribution in [2.45, 2.75) is 0 Å². The molecule has 0 bridgehead atoms. The molecule has 0 spiro atoms. The van der Waals surface area contributed by atoms with Gasteiger partial charge in [0.2, 0.25) is 0 Å². The van der Waals surface area contributed by atoms with Gasteiger partial charge < -0.3 is 5.11 Å². The van der Waals surface area contributed by atoms with Crippen LogP contribution in [0.2, 0.25) is 0 Å². The average Bonchev–Trinajstić information content (AvgIpc) is 1.97. The normalized spacial score (nSPS) is 9.64. The lowest BCUT2D eigenvalue weighted by Crippen LogP contribution is -1.84. The highest BCUT2D eigenvalue weighted by Gasteiger charge is 2.05. The summed E-state index contributed by atoms with van der Waals surface area (Å²) in [7, 11) is 0. The maximum Gasteiger partial charge on any atom is 0.153 e. The maximum absolute atomic E-state index is 12.6. The van der Waals surface area contributed by atoms with Crippen LogP contribution in [0.1, 0.15) is 10.4 Å². The molecule has 2 nitrogen and oxygen atoms in total. The highest BCUT2D eigenvalue weighted by Crippen LogP contribution is 2.23. The van der Waals surface area contributed by atoms with Crippen LogP contribution in [0.15, 0.2) is 16.6 Å². The summed E-state index contributed by atoms with van der Waals surface area (Å²) < 4.78 is 12.7. The van der Waals surface area contributed by atoms with Gasteiger partial charge in [0.1, 0.15) is 11.6 Å². The van der Waals surface area contributed by atoms with Crippen LogP contribution in [0.25, 0.3) is 0 Å². The molecular weight excluding hydrogens is 215 g/mol. The molecule has 1 rings (SSSR count). The van der Waals surface area contributed by atoms with Gasteiger partial charge in [0.05, 0.1) is 10.0 Å². The minimum absolute atomic E-state index is 0.0678. The van der Waals surface area contributed by atoms with E-state index >= 15 is 0 Å². The summed E-state index contributed by atoms with van der Waals surface area (Å²) >= 11 is 2.88. The standard InChI is InChI=1S/C7H4BrFO2/c8-5-1-4(3-10)7(11)2-6(5)9/h1-3,11H. The van der Waals surface area contributed by atoms with Crippen LogP contribution in [-0.4, -0.2) is 11.4 Å². The number of benzene rings is 1. The van der Waals surface area contributed by atoms with Crippen molar-refractivity contribution in [3.8, 4) is 5.75 Å². The van der Waals surface area contributed by atoms with Gasteiger partial charge in [0.15, 0.2) is 6.29 Å². The fourth-order valence-electron chi connectivity index (χ4n) is 0.646. The number of rotatable bonds is 1. The van der Waals surface area contributed by atoms with Crippen LogP contribution >= 0.6 is 15.9 Å². The molecule has 0 aliphatic heterocycles. The molecule has 0 aromatic heterocycles. The molecule has 0 fully saturated rings. The van der Waals surface area contributed by atoms with E-state index in [2.05, 4.69) is 15.9 Å². The lowest BCUT2D eigenvalue weighted by Gasteiger charge is -1.98. The quantitative estimate of drug-likeness (QED) is 0.734. The smallest absolute Gasteiger partial charge is 0.153 e. The van der Waals surface area contributed by atoms with Crippen LogP contribution in [0.5, 0.6) is 5.75 Å². The van der Waals surface area contributed by atoms with Gasteiger partial charge in [-0.05, 0) is 22.0 Å². The van der Waals surface area contributed by atoms with Crippen LogP contribution in [0.3, 0.4) is 0 Å². The summed E-state index contributed by atoms with van der Waals surface area (Å²) in [4.78, 5) is 10.2. The van der Waals surface area contributed by atoms with E-state index in [4.69, 9.17) is 5.11 Å². The van der Waals surface area contributed by atoms with E-state index in [0.717, 1.165) is 6.07 Å². The predicted molar refractivity (Wildman–Crippen MR) is 41.2 cm³/mol. The molecule has 1 aromatic carbocycles. The third-order valence-corrected chi connectivity index (χ3v) is 1.80. The lowest BCUT2D eigenvalue weighted by atomic mass is 10.2. The minimum atomic E-state index is -0.590. The minimum Gasteiger partial charge on any atom is -0.507 e. The molecule has 0 saturated heterocycles. The van der Waals surface area contributed by atoms with Crippen LogP contribution < -0.4 is 0 Å². The van der Waals surface area contributed by atoms with Crippen molar-refractivity contribution >= 4 is 22.2 Å². The van der Waals surface area contributed by atoms with Crippen molar-refractivity contribution in [1.82, 2.24) is 0 Å². The van der Waals surface area contributed by atoms with Gasteiger partial charge in [-0.3, -0.25) is 4.79 Å². The van der Waals surface area contributed by atoms with E-state index in [1.54, 1.807) is 0 Å². The van der Waals surface area contributed by atoms with Gasteiger partial charge in [0.25, 0.3) is 0 Å². The molecule has 0 aliphatic carbocycles. The zero-order chi connectivity index (χ0) is 8.43. The molecule has 4 heteroatoms. The number of phenolic OH excluding ortho intramolecular Hbond substituents is 1. The molecule has 0 unspecified atom stereocenters. The SMILES string of the molecule is O=Cc1cc(Br)c(F)cc1O. The maximum atomic E-state index is 12.6. The Kier molecular flexibility index (Phi) is 2.24. The fourth-order valence-corrected chi connectivity index (χ4v) is 1.01. The summed E-state index contributed by atoms with van der Waals surface area (Å²) in [5.41, 5.74) is 0.0678. The first-order chi connectivity index (χ1) is 5.15. The van der Waals surface area contributed by atoms with Crippen molar-refractivity contribution in [2.75, 3.05) is 0 Å². The zero-order valence-electron chi connectivity index (χ0n) is 5.34. The van der Waals surface area contributed by atoms with Gasteiger partial charge in [0, 0.05) is 6.07 Å². The Bertz CT molecular complexity index is 299. The van der Waals surface area contributed by atoms with Gasteiger partial charge in [-0.1, -0.05) is 0 Å². The van der Waals surface area contributed by atoms with Crippen LogP contribution in [0.4, 0.5) is 4.39 Å². The van der Waals surface area contributed by atoms with Crippen LogP contribution in [-0.2, 0) is 0 Å². The first-order valence-electron chi connectivity index (χ1n) is 2.78. The fraction of sp³-hybridized carbons (Fsp3) is 0. The van der Waals surface area contributed by atoms with E-state index in [9.17, 15) is 9.18 Å². The summed E-state index contributed by atoms with van der Waals surface area (Å²) in [6, 6.07) is 2.10. The number of aldehydes is 1. The molecule has 0 amide bonds. The second-order valence-corrected chi connectivity index (χ2v) is 2.80. The van der Waals surface area contributed by atoms with Crippen molar-refractivity contribution in [3.05, 3.63) is 28.0 Å². The van der Waals surface area contributed by atoms with E-state index in [0.29, 0.717) is 6.29 Å². The molecule has 58 valence electrons. The summed E-state index contributed by atoms with van der Waals surface area (Å²) in [6.45, 7) is 0. The number of halogens is 2. The molecule has 0 radical (unpaired) electrons. The Morgan fingerprint density at radius 1 is 1.55 bits per heavy atom. The van der Waals surface area contributed by atoms with Crippen molar-refractivity contribution in [2.24, 2.45) is 0 Å². The third-order valence-electron chi connectivity index (χ3n) is 1.20. The first kappa shape index (κ1) is 8.20. The Morgan fingerprint density at radius 3 is 2.73 bits per heavy atom. The Balaban J connectivity index is 3.31. The second kappa shape index (κ2) is 3.00. The van der Waals surface area contributed by atoms with Gasteiger partial charge in [-0.2, -0.15) is 0 Å². The molecule has 0 atom stereocenters. The van der Waals surface area contributed by atoms with Crippen LogP contribution in [0, 0.1) is 5.82 Å². The summed E-state index contributed by atoms with van der Waals surface area (Å²) in [5, 5.41) is 8.92. The van der Waals surface area contributed by atoms with Gasteiger partial charge in [-0.15, -0.1) is 0 Å². The Labute approximate surface area is 70.8 Å². The monoisotopic (exact) mass is 218 g/mol. The Hall–Kier alpha value is -0.900. The number of carbonyl (C=O) groups is 1. The molecule has 0 saturated carbocycles. The van der Waals surface area contributed by atoms with E-state index in [1.165, 1.54) is 6.07 Å². The number of carbonyl (C=O) groups excluding carboxylic acids is 1. The van der Waals surface area contributed by atoms with E-state index < -0.39 is 5.82 Å². The number of aromatic hydroxyl groups is 1. The third kappa shape index (κ3) is 1.57. The molecule has 0 heterocycles. The zero-order valence-corrected chi connectivity index (χ0v) is 6.93. The van der Waals surface area contributed by atoms with Crippen molar-refractivity contribution in [3.63, 3.8) is 0 Å². The van der Waals surface area contributed by atoms with Crippen molar-refractivity contribution in [1.29, 1.82) is 0 Å². The Morgan fingerprint density at radius 2 is 2.18 bits per heavy atom. The summed E-state index contributed by atoms with van der Waals surface area (Å²) in [5.74, 6) is -0.936.